The summed E-state index contributed by atoms with van der Waals surface area (Å²) in [6, 6.07) is 12.1. The minimum atomic E-state index is 0.500. The van der Waals surface area contributed by atoms with Gasteiger partial charge >= 0.3 is 0 Å². The van der Waals surface area contributed by atoms with Gasteiger partial charge in [0.25, 0.3) is 0 Å². The highest BCUT2D eigenvalue weighted by Gasteiger charge is 2.25. The minimum Gasteiger partial charge on any atom is -0.308 e. The fourth-order valence-electron chi connectivity index (χ4n) is 3.48. The molecule has 0 radical (unpaired) electrons. The molecule has 0 aliphatic carbocycles. The molecule has 2 unspecified atom stereocenters. The lowest BCUT2D eigenvalue weighted by molar-refractivity contribution is 0.181. The molecule has 1 aromatic rings. The fraction of sp³-hybridized carbons (Fsp3) is 0.684. The van der Waals surface area contributed by atoms with Crippen LogP contribution in [0.25, 0.3) is 0 Å². The number of nitrogens with one attached hydrogen (secondary N) is 1. The van der Waals surface area contributed by atoms with Crippen molar-refractivity contribution in [1.29, 1.82) is 0 Å². The second-order valence-electron chi connectivity index (χ2n) is 6.71. The molecule has 1 heterocycles. The van der Waals surface area contributed by atoms with Gasteiger partial charge in [-0.1, -0.05) is 57.5 Å². The van der Waals surface area contributed by atoms with Crippen molar-refractivity contribution in [2.75, 3.05) is 19.6 Å². The lowest BCUT2D eigenvalue weighted by Crippen LogP contribution is -2.45. The number of rotatable bonds is 8. The third-order valence-electron chi connectivity index (χ3n) is 4.73. The van der Waals surface area contributed by atoms with Crippen LogP contribution in [-0.2, 0) is 0 Å². The van der Waals surface area contributed by atoms with E-state index in [1.54, 1.807) is 0 Å². The van der Waals surface area contributed by atoms with Crippen molar-refractivity contribution >= 4 is 0 Å². The van der Waals surface area contributed by atoms with Crippen molar-refractivity contribution in [2.24, 2.45) is 5.92 Å². The Morgan fingerprint density at radius 1 is 1.10 bits per heavy atom. The van der Waals surface area contributed by atoms with Gasteiger partial charge in [0.2, 0.25) is 0 Å². The van der Waals surface area contributed by atoms with E-state index >= 15 is 0 Å². The van der Waals surface area contributed by atoms with Crippen LogP contribution in [0.2, 0.25) is 0 Å². The predicted octanol–water partition coefficient (Wildman–Crippen LogP) is 4.24. The second-order valence-corrected chi connectivity index (χ2v) is 6.71. The van der Waals surface area contributed by atoms with E-state index in [0.29, 0.717) is 18.0 Å². The van der Waals surface area contributed by atoms with Crippen LogP contribution in [0.15, 0.2) is 30.3 Å². The zero-order valence-electron chi connectivity index (χ0n) is 14.0. The Morgan fingerprint density at radius 3 is 2.33 bits per heavy atom. The standard InChI is InChI=1S/C19H32N2/c1-4-10-18(17-11-6-5-7-12-17)20-15-19(16(2)3)21-13-8-9-14-21/h5-7,11-12,16,18-20H,4,8-10,13-15H2,1-3H3. The van der Waals surface area contributed by atoms with Crippen LogP contribution in [0, 0.1) is 5.92 Å². The molecule has 0 bridgehead atoms. The van der Waals surface area contributed by atoms with Gasteiger partial charge in [-0.2, -0.15) is 0 Å². The minimum absolute atomic E-state index is 0.500. The Kier molecular flexibility index (Phi) is 6.72. The molecule has 2 atom stereocenters. The van der Waals surface area contributed by atoms with Crippen molar-refractivity contribution in [3.05, 3.63) is 35.9 Å². The summed E-state index contributed by atoms with van der Waals surface area (Å²) in [7, 11) is 0. The third-order valence-corrected chi connectivity index (χ3v) is 4.73. The highest BCUT2D eigenvalue weighted by atomic mass is 15.2. The molecule has 0 spiro atoms. The lowest BCUT2D eigenvalue weighted by atomic mass is 9.99. The van der Waals surface area contributed by atoms with Crippen LogP contribution >= 0.6 is 0 Å². The second kappa shape index (κ2) is 8.55. The van der Waals surface area contributed by atoms with Gasteiger partial charge in [-0.05, 0) is 43.8 Å². The molecular weight excluding hydrogens is 256 g/mol. The Balaban J connectivity index is 1.96. The van der Waals surface area contributed by atoms with E-state index in [4.69, 9.17) is 0 Å². The molecule has 2 heteroatoms. The van der Waals surface area contributed by atoms with E-state index in [9.17, 15) is 0 Å². The maximum atomic E-state index is 3.85. The molecule has 1 aliphatic rings. The summed E-state index contributed by atoms with van der Waals surface area (Å²) < 4.78 is 0. The maximum absolute atomic E-state index is 3.85. The van der Waals surface area contributed by atoms with Crippen molar-refractivity contribution < 1.29 is 0 Å². The summed E-state index contributed by atoms with van der Waals surface area (Å²) in [5.41, 5.74) is 1.43. The smallest absolute Gasteiger partial charge is 0.0320 e. The van der Waals surface area contributed by atoms with Crippen LogP contribution in [0.4, 0.5) is 0 Å². The van der Waals surface area contributed by atoms with Gasteiger partial charge in [0.15, 0.2) is 0 Å². The van der Waals surface area contributed by atoms with Crippen LogP contribution in [-0.4, -0.2) is 30.6 Å². The van der Waals surface area contributed by atoms with Crippen LogP contribution in [0.1, 0.15) is 58.1 Å². The summed E-state index contributed by atoms with van der Waals surface area (Å²) in [6.45, 7) is 10.7. The third kappa shape index (κ3) is 4.82. The average Bonchev–Trinajstić information content (AvgIpc) is 3.01. The normalized spacial score (nSPS) is 19.0. The molecule has 21 heavy (non-hydrogen) atoms. The number of hydrogen-bond donors (Lipinski definition) is 1. The van der Waals surface area contributed by atoms with E-state index in [1.165, 1.54) is 44.3 Å². The summed E-state index contributed by atoms with van der Waals surface area (Å²) in [6.07, 6.45) is 5.19. The molecular formula is C19H32N2. The highest BCUT2D eigenvalue weighted by Crippen LogP contribution is 2.21. The Labute approximate surface area is 130 Å². The van der Waals surface area contributed by atoms with Gasteiger partial charge in [-0.3, -0.25) is 4.90 Å². The zero-order valence-corrected chi connectivity index (χ0v) is 14.0. The van der Waals surface area contributed by atoms with Gasteiger partial charge in [0.05, 0.1) is 0 Å². The monoisotopic (exact) mass is 288 g/mol. The molecule has 118 valence electrons. The quantitative estimate of drug-likeness (QED) is 0.770. The molecule has 0 aromatic heterocycles. The van der Waals surface area contributed by atoms with Crippen molar-refractivity contribution in [3.8, 4) is 0 Å². The van der Waals surface area contributed by atoms with Crippen LogP contribution in [0.3, 0.4) is 0 Å². The number of nitrogens with zero attached hydrogens (tertiary/aromatic N) is 1. The molecule has 1 fully saturated rings. The molecule has 1 aromatic carbocycles. The molecule has 1 N–H and O–H groups in total. The van der Waals surface area contributed by atoms with Gasteiger partial charge in [0.1, 0.15) is 0 Å². The van der Waals surface area contributed by atoms with E-state index in [-0.39, 0.29) is 0 Å². The maximum Gasteiger partial charge on any atom is 0.0320 e. The number of likely N-dealkylation sites (tertiary alicyclic amines) is 1. The molecule has 1 saturated heterocycles. The molecule has 1 aliphatic heterocycles. The highest BCUT2D eigenvalue weighted by molar-refractivity contribution is 5.18. The molecule has 0 saturated carbocycles. The summed E-state index contributed by atoms with van der Waals surface area (Å²) in [5.74, 6) is 0.716. The van der Waals surface area contributed by atoms with Gasteiger partial charge in [-0.25, -0.2) is 0 Å². The Morgan fingerprint density at radius 2 is 1.76 bits per heavy atom. The first-order valence-corrected chi connectivity index (χ1v) is 8.74. The molecule has 0 amide bonds. The van der Waals surface area contributed by atoms with Crippen LogP contribution in [0.5, 0.6) is 0 Å². The Bertz CT molecular complexity index is 382. The van der Waals surface area contributed by atoms with Gasteiger partial charge in [0, 0.05) is 18.6 Å². The summed E-state index contributed by atoms with van der Waals surface area (Å²) >= 11 is 0. The van der Waals surface area contributed by atoms with Crippen molar-refractivity contribution in [1.82, 2.24) is 10.2 Å². The lowest BCUT2D eigenvalue weighted by Gasteiger charge is -2.33. The summed E-state index contributed by atoms with van der Waals surface area (Å²) in [5, 5.41) is 3.85. The SMILES string of the molecule is CCCC(NCC(C(C)C)N1CCCC1)c1ccccc1. The first-order valence-electron chi connectivity index (χ1n) is 8.74. The van der Waals surface area contributed by atoms with Crippen molar-refractivity contribution in [3.63, 3.8) is 0 Å². The van der Waals surface area contributed by atoms with E-state index < -0.39 is 0 Å². The van der Waals surface area contributed by atoms with E-state index in [2.05, 4.69) is 61.3 Å². The van der Waals surface area contributed by atoms with Gasteiger partial charge in [-0.15, -0.1) is 0 Å². The molecule has 2 rings (SSSR count). The largest absolute Gasteiger partial charge is 0.308 e. The zero-order chi connectivity index (χ0) is 15.1. The number of hydrogen-bond acceptors (Lipinski definition) is 2. The van der Waals surface area contributed by atoms with Crippen LogP contribution < -0.4 is 5.32 Å². The first kappa shape index (κ1) is 16.5. The van der Waals surface area contributed by atoms with E-state index in [1.807, 2.05) is 0 Å². The first-order chi connectivity index (χ1) is 10.2. The summed E-state index contributed by atoms with van der Waals surface area (Å²) in [4.78, 5) is 2.69. The van der Waals surface area contributed by atoms with Gasteiger partial charge < -0.3 is 5.32 Å². The average molecular weight is 288 g/mol. The number of benzene rings is 1. The van der Waals surface area contributed by atoms with E-state index in [0.717, 1.165) is 6.54 Å². The topological polar surface area (TPSA) is 15.3 Å². The fourth-order valence-corrected chi connectivity index (χ4v) is 3.48. The predicted molar refractivity (Wildman–Crippen MR) is 91.5 cm³/mol. The molecule has 2 nitrogen and oxygen atoms in total. The van der Waals surface area contributed by atoms with Crippen molar-refractivity contribution in [2.45, 2.75) is 58.5 Å². The Hall–Kier alpha value is -0.860.